The van der Waals surface area contributed by atoms with Gasteiger partial charge in [-0.2, -0.15) is 4.31 Å². The average Bonchev–Trinajstić information content (AvgIpc) is 2.53. The van der Waals surface area contributed by atoms with Gasteiger partial charge in [-0.3, -0.25) is 0 Å². The molecule has 4 nitrogen and oxygen atoms in total. The predicted octanol–water partition coefficient (Wildman–Crippen LogP) is 4.09. The maximum atomic E-state index is 13.1. The molecular formula is C17H19Cl2NO3S. The van der Waals surface area contributed by atoms with Crippen molar-refractivity contribution in [2.75, 3.05) is 0 Å². The van der Waals surface area contributed by atoms with Crippen LogP contribution in [-0.4, -0.2) is 23.9 Å². The number of benzene rings is 2. The summed E-state index contributed by atoms with van der Waals surface area (Å²) in [6.45, 7) is 3.41. The first-order chi connectivity index (χ1) is 11.3. The Morgan fingerprint density at radius 1 is 1.08 bits per heavy atom. The molecule has 0 radical (unpaired) electrons. The summed E-state index contributed by atoms with van der Waals surface area (Å²) < 4.78 is 27.6. The number of aliphatic hydroxyl groups excluding tert-OH is 1. The fourth-order valence-corrected chi connectivity index (χ4v) is 4.85. The van der Waals surface area contributed by atoms with Crippen molar-refractivity contribution in [2.45, 2.75) is 37.9 Å². The van der Waals surface area contributed by atoms with Crippen molar-refractivity contribution in [1.82, 2.24) is 4.31 Å². The second kappa shape index (κ2) is 7.85. The molecule has 0 atom stereocenters. The lowest BCUT2D eigenvalue weighted by molar-refractivity contribution is 0.281. The first-order valence-electron chi connectivity index (χ1n) is 7.42. The number of hydrogen-bond donors (Lipinski definition) is 1. The Bertz CT molecular complexity index is 808. The van der Waals surface area contributed by atoms with Crippen molar-refractivity contribution in [3.8, 4) is 0 Å². The number of halogens is 2. The monoisotopic (exact) mass is 387 g/mol. The molecule has 0 aliphatic carbocycles. The van der Waals surface area contributed by atoms with Crippen LogP contribution in [0.15, 0.2) is 47.4 Å². The molecule has 0 heterocycles. The lowest BCUT2D eigenvalue weighted by Crippen LogP contribution is -2.36. The molecule has 0 aromatic heterocycles. The van der Waals surface area contributed by atoms with E-state index >= 15 is 0 Å². The first kappa shape index (κ1) is 19.2. The molecule has 7 heteroatoms. The largest absolute Gasteiger partial charge is 0.392 e. The van der Waals surface area contributed by atoms with Crippen LogP contribution in [0, 0.1) is 0 Å². The van der Waals surface area contributed by atoms with Gasteiger partial charge in [-0.05, 0) is 31.5 Å². The van der Waals surface area contributed by atoms with Crippen molar-refractivity contribution in [3.63, 3.8) is 0 Å². The Morgan fingerprint density at radius 2 is 1.71 bits per heavy atom. The van der Waals surface area contributed by atoms with Crippen LogP contribution in [0.1, 0.15) is 25.0 Å². The third-order valence-corrected chi connectivity index (χ3v) is 6.61. The SMILES string of the molecule is CC(C)N(Cc1ccccc1)S(=O)(=O)c1ccc(Cl)c(CO)c1Cl. The van der Waals surface area contributed by atoms with E-state index in [1.165, 1.54) is 16.4 Å². The maximum Gasteiger partial charge on any atom is 0.245 e. The smallest absolute Gasteiger partial charge is 0.245 e. The van der Waals surface area contributed by atoms with Crippen molar-refractivity contribution in [2.24, 2.45) is 0 Å². The molecule has 130 valence electrons. The lowest BCUT2D eigenvalue weighted by Gasteiger charge is -2.27. The first-order valence-corrected chi connectivity index (χ1v) is 9.62. The van der Waals surface area contributed by atoms with E-state index in [2.05, 4.69) is 0 Å². The number of sulfonamides is 1. The van der Waals surface area contributed by atoms with Crippen LogP contribution < -0.4 is 0 Å². The van der Waals surface area contributed by atoms with E-state index in [0.29, 0.717) is 0 Å². The summed E-state index contributed by atoms with van der Waals surface area (Å²) in [4.78, 5) is -0.0535. The molecule has 0 saturated heterocycles. The van der Waals surface area contributed by atoms with Gasteiger partial charge in [-0.25, -0.2) is 8.42 Å². The summed E-state index contributed by atoms with van der Waals surface area (Å²) in [6, 6.07) is 11.9. The summed E-state index contributed by atoms with van der Waals surface area (Å²) in [6.07, 6.45) is 0. The van der Waals surface area contributed by atoms with Crippen molar-refractivity contribution in [3.05, 3.63) is 63.6 Å². The van der Waals surface area contributed by atoms with Crippen molar-refractivity contribution >= 4 is 33.2 Å². The Hall–Kier alpha value is -1.11. The highest BCUT2D eigenvalue weighted by molar-refractivity contribution is 7.89. The zero-order valence-corrected chi connectivity index (χ0v) is 15.7. The maximum absolute atomic E-state index is 13.1. The molecule has 0 aliphatic rings. The fourth-order valence-electron chi connectivity index (χ4n) is 2.36. The van der Waals surface area contributed by atoms with Gasteiger partial charge in [0.2, 0.25) is 10.0 Å². The van der Waals surface area contributed by atoms with E-state index in [4.69, 9.17) is 23.2 Å². The molecule has 2 aromatic rings. The van der Waals surface area contributed by atoms with E-state index in [0.717, 1.165) is 5.56 Å². The van der Waals surface area contributed by atoms with Crippen LogP contribution in [0.4, 0.5) is 0 Å². The minimum atomic E-state index is -3.85. The summed E-state index contributed by atoms with van der Waals surface area (Å²) >= 11 is 12.2. The fraction of sp³-hybridized carbons (Fsp3) is 0.294. The molecule has 2 rings (SSSR count). The molecule has 0 saturated carbocycles. The van der Waals surface area contributed by atoms with Crippen molar-refractivity contribution < 1.29 is 13.5 Å². The normalized spacial score (nSPS) is 12.1. The summed E-state index contributed by atoms with van der Waals surface area (Å²) in [5, 5.41) is 9.59. The van der Waals surface area contributed by atoms with Crippen LogP contribution in [-0.2, 0) is 23.2 Å². The molecule has 0 amide bonds. The molecule has 0 unspecified atom stereocenters. The quantitative estimate of drug-likeness (QED) is 0.811. The van der Waals surface area contributed by atoms with Gasteiger partial charge in [0.1, 0.15) is 4.90 Å². The number of hydrogen-bond acceptors (Lipinski definition) is 3. The Balaban J connectivity index is 2.50. The van der Waals surface area contributed by atoms with Crippen molar-refractivity contribution in [1.29, 1.82) is 0 Å². The average molecular weight is 388 g/mol. The lowest BCUT2D eigenvalue weighted by atomic mass is 10.2. The number of aliphatic hydroxyl groups is 1. The molecule has 0 aliphatic heterocycles. The van der Waals surface area contributed by atoms with E-state index in [9.17, 15) is 13.5 Å². The molecule has 0 bridgehead atoms. The molecule has 24 heavy (non-hydrogen) atoms. The van der Waals surface area contributed by atoms with Gasteiger partial charge >= 0.3 is 0 Å². The molecule has 2 aromatic carbocycles. The van der Waals surface area contributed by atoms with Crippen LogP contribution in [0.5, 0.6) is 0 Å². The van der Waals surface area contributed by atoms with Crippen LogP contribution in [0.3, 0.4) is 0 Å². The summed E-state index contributed by atoms with van der Waals surface area (Å²) in [5.41, 5.74) is 1.09. The Kier molecular flexibility index (Phi) is 6.28. The Labute approximate surface area is 152 Å². The van der Waals surface area contributed by atoms with Gasteiger partial charge in [0.15, 0.2) is 0 Å². The summed E-state index contributed by atoms with van der Waals surface area (Å²) in [7, 11) is -3.85. The second-order valence-electron chi connectivity index (χ2n) is 5.63. The summed E-state index contributed by atoms with van der Waals surface area (Å²) in [5.74, 6) is 0. The van der Waals surface area contributed by atoms with E-state index in [1.807, 2.05) is 30.3 Å². The topological polar surface area (TPSA) is 57.6 Å². The van der Waals surface area contributed by atoms with E-state index < -0.39 is 16.6 Å². The number of nitrogens with zero attached hydrogens (tertiary/aromatic N) is 1. The minimum absolute atomic E-state index is 0.0382. The highest BCUT2D eigenvalue weighted by atomic mass is 35.5. The van der Waals surface area contributed by atoms with Crippen LogP contribution in [0.25, 0.3) is 0 Å². The second-order valence-corrected chi connectivity index (χ2v) is 8.27. The van der Waals surface area contributed by atoms with Gasteiger partial charge in [0.25, 0.3) is 0 Å². The highest BCUT2D eigenvalue weighted by Crippen LogP contribution is 2.33. The molecule has 0 fully saturated rings. The molecule has 1 N–H and O–H groups in total. The minimum Gasteiger partial charge on any atom is -0.392 e. The van der Waals surface area contributed by atoms with E-state index in [-0.39, 0.29) is 33.1 Å². The van der Waals surface area contributed by atoms with Crippen LogP contribution >= 0.6 is 23.2 Å². The van der Waals surface area contributed by atoms with Gasteiger partial charge in [-0.1, -0.05) is 53.5 Å². The predicted molar refractivity (Wildman–Crippen MR) is 96.7 cm³/mol. The molecular weight excluding hydrogens is 369 g/mol. The van der Waals surface area contributed by atoms with Crippen LogP contribution in [0.2, 0.25) is 10.0 Å². The third kappa shape index (κ3) is 3.92. The van der Waals surface area contributed by atoms with Gasteiger partial charge in [0.05, 0.1) is 11.6 Å². The zero-order valence-electron chi connectivity index (χ0n) is 13.4. The number of rotatable bonds is 6. The third-order valence-electron chi connectivity index (χ3n) is 3.65. The van der Waals surface area contributed by atoms with Gasteiger partial charge < -0.3 is 5.11 Å². The molecule has 0 spiro atoms. The van der Waals surface area contributed by atoms with Gasteiger partial charge in [-0.15, -0.1) is 0 Å². The highest BCUT2D eigenvalue weighted by Gasteiger charge is 2.30. The van der Waals surface area contributed by atoms with Gasteiger partial charge in [0, 0.05) is 23.2 Å². The Morgan fingerprint density at radius 3 is 2.25 bits per heavy atom. The van der Waals surface area contributed by atoms with E-state index in [1.54, 1.807) is 13.8 Å². The zero-order chi connectivity index (χ0) is 17.9. The standard InChI is InChI=1S/C17H19Cl2NO3S/c1-12(2)20(10-13-6-4-3-5-7-13)24(22,23)16-9-8-15(18)14(11-21)17(16)19/h3-9,12,21H,10-11H2,1-2H3.